The molecule has 1 aromatic heterocycles. The molecule has 0 atom stereocenters. The Kier molecular flexibility index (Phi) is 9.10. The number of hydrogen-bond donors (Lipinski definition) is 1. The van der Waals surface area contributed by atoms with Crippen molar-refractivity contribution in [2.75, 3.05) is 12.4 Å². The standard InChI is InChI=1S/C21H25F3N2O3S/c1-3-5-16(26-29-9-4-2)20-17(27)11-14(12-18(20)28)8-10-30-19-7-6-15(13-25-19)21(22,23)24/h4,6-7,13-14,26H,2-3,5,8-12H2,1H3. The van der Waals surface area contributed by atoms with Gasteiger partial charge in [0.25, 0.3) is 0 Å². The highest BCUT2D eigenvalue weighted by Gasteiger charge is 2.33. The van der Waals surface area contributed by atoms with Gasteiger partial charge < -0.3 is 0 Å². The van der Waals surface area contributed by atoms with Gasteiger partial charge >= 0.3 is 6.18 Å². The number of nitrogens with zero attached hydrogens (tertiary/aromatic N) is 1. The van der Waals surface area contributed by atoms with Crippen molar-refractivity contribution in [1.82, 2.24) is 10.5 Å². The summed E-state index contributed by atoms with van der Waals surface area (Å²) in [6.45, 7) is 5.75. The minimum atomic E-state index is -4.41. The third-order valence-corrected chi connectivity index (χ3v) is 5.52. The van der Waals surface area contributed by atoms with Crippen LogP contribution in [-0.4, -0.2) is 28.9 Å². The first-order chi connectivity index (χ1) is 14.3. The molecule has 1 N–H and O–H groups in total. The van der Waals surface area contributed by atoms with Gasteiger partial charge in [0, 0.05) is 19.0 Å². The molecule has 0 radical (unpaired) electrons. The van der Waals surface area contributed by atoms with E-state index in [9.17, 15) is 22.8 Å². The minimum Gasteiger partial charge on any atom is -0.294 e. The maximum atomic E-state index is 12.6. The lowest BCUT2D eigenvalue weighted by Crippen LogP contribution is -2.30. The van der Waals surface area contributed by atoms with Crippen LogP contribution in [0, 0.1) is 5.92 Å². The number of halogens is 3. The van der Waals surface area contributed by atoms with Crippen LogP contribution < -0.4 is 5.48 Å². The molecule has 5 nitrogen and oxygen atoms in total. The van der Waals surface area contributed by atoms with Crippen molar-refractivity contribution in [3.05, 3.63) is 47.8 Å². The van der Waals surface area contributed by atoms with Crippen LogP contribution in [0.25, 0.3) is 0 Å². The van der Waals surface area contributed by atoms with Gasteiger partial charge in [0.15, 0.2) is 11.6 Å². The maximum absolute atomic E-state index is 12.6. The van der Waals surface area contributed by atoms with Gasteiger partial charge in [0.2, 0.25) is 0 Å². The molecule has 1 aliphatic rings. The zero-order chi connectivity index (χ0) is 22.1. The normalized spacial score (nSPS) is 17.2. The quantitative estimate of drug-likeness (QED) is 0.139. The van der Waals surface area contributed by atoms with E-state index in [2.05, 4.69) is 17.0 Å². The Labute approximate surface area is 178 Å². The Balaban J connectivity index is 1.92. The van der Waals surface area contributed by atoms with E-state index in [0.29, 0.717) is 29.3 Å². The van der Waals surface area contributed by atoms with E-state index in [-0.39, 0.29) is 42.5 Å². The number of thioether (sulfide) groups is 1. The van der Waals surface area contributed by atoms with E-state index in [1.165, 1.54) is 17.8 Å². The summed E-state index contributed by atoms with van der Waals surface area (Å²) in [7, 11) is 0. The zero-order valence-electron chi connectivity index (χ0n) is 16.8. The van der Waals surface area contributed by atoms with Gasteiger partial charge in [-0.15, -0.1) is 18.3 Å². The van der Waals surface area contributed by atoms with Crippen LogP contribution in [-0.2, 0) is 20.6 Å². The number of hydrogen-bond acceptors (Lipinski definition) is 6. The van der Waals surface area contributed by atoms with Gasteiger partial charge in [-0.05, 0) is 36.6 Å². The van der Waals surface area contributed by atoms with Crippen molar-refractivity contribution in [3.63, 3.8) is 0 Å². The van der Waals surface area contributed by atoms with E-state index in [1.54, 1.807) is 6.08 Å². The first kappa shape index (κ1) is 24.1. The fraction of sp³-hybridized carbons (Fsp3) is 0.476. The molecule has 1 heterocycles. The summed E-state index contributed by atoms with van der Waals surface area (Å²) in [6, 6.07) is 2.33. The number of allylic oxidation sites excluding steroid dienone is 2. The summed E-state index contributed by atoms with van der Waals surface area (Å²) in [5.41, 5.74) is 2.63. The molecule has 0 spiro atoms. The second kappa shape index (κ2) is 11.3. The first-order valence-electron chi connectivity index (χ1n) is 9.70. The number of Topliss-reactive ketones (excluding diaryl/α,β-unsaturated/α-hetero) is 2. The number of ketones is 2. The zero-order valence-corrected chi connectivity index (χ0v) is 17.6. The number of pyridine rings is 1. The first-order valence-corrected chi connectivity index (χ1v) is 10.7. The maximum Gasteiger partial charge on any atom is 0.417 e. The molecule has 0 aromatic carbocycles. The van der Waals surface area contributed by atoms with Crippen molar-refractivity contribution < 1.29 is 27.6 Å². The fourth-order valence-electron chi connectivity index (χ4n) is 3.13. The van der Waals surface area contributed by atoms with Crippen LogP contribution in [0.1, 0.15) is 44.6 Å². The van der Waals surface area contributed by atoms with Crippen LogP contribution in [0.2, 0.25) is 0 Å². The van der Waals surface area contributed by atoms with Crippen molar-refractivity contribution in [1.29, 1.82) is 0 Å². The van der Waals surface area contributed by atoms with E-state index < -0.39 is 11.7 Å². The highest BCUT2D eigenvalue weighted by Crippen LogP contribution is 2.32. The van der Waals surface area contributed by atoms with Gasteiger partial charge in [0.05, 0.1) is 28.5 Å². The third-order valence-electron chi connectivity index (χ3n) is 4.54. The lowest BCUT2D eigenvalue weighted by molar-refractivity contribution is -0.138. The summed E-state index contributed by atoms with van der Waals surface area (Å²) in [6.07, 6.45) is 0.369. The molecule has 9 heteroatoms. The van der Waals surface area contributed by atoms with E-state index in [1.807, 2.05) is 6.92 Å². The van der Waals surface area contributed by atoms with Crippen molar-refractivity contribution >= 4 is 23.3 Å². The number of nitrogens with one attached hydrogen (secondary N) is 1. The fourth-order valence-corrected chi connectivity index (χ4v) is 4.08. The molecule has 1 aromatic rings. The van der Waals surface area contributed by atoms with Crippen molar-refractivity contribution in [2.24, 2.45) is 5.92 Å². The number of aromatic nitrogens is 1. The third kappa shape index (κ3) is 6.98. The molecular weight excluding hydrogens is 417 g/mol. The number of carbonyl (C=O) groups is 2. The summed E-state index contributed by atoms with van der Waals surface area (Å²) < 4.78 is 37.7. The van der Waals surface area contributed by atoms with Crippen LogP contribution in [0.3, 0.4) is 0 Å². The lowest BCUT2D eigenvalue weighted by atomic mass is 9.81. The van der Waals surface area contributed by atoms with Gasteiger partial charge in [0.1, 0.15) is 0 Å². The molecule has 1 saturated carbocycles. The Hall–Kier alpha value is -2.13. The van der Waals surface area contributed by atoms with Crippen molar-refractivity contribution in [2.45, 2.75) is 50.2 Å². The molecule has 30 heavy (non-hydrogen) atoms. The van der Waals surface area contributed by atoms with Crippen LogP contribution >= 0.6 is 11.8 Å². The molecule has 0 amide bonds. The molecule has 0 saturated heterocycles. The van der Waals surface area contributed by atoms with Crippen molar-refractivity contribution in [3.8, 4) is 0 Å². The molecule has 1 aliphatic carbocycles. The Morgan fingerprint density at radius 1 is 1.33 bits per heavy atom. The predicted octanol–water partition coefficient (Wildman–Crippen LogP) is 4.89. The molecular formula is C21H25F3N2O3S. The topological polar surface area (TPSA) is 68.3 Å². The van der Waals surface area contributed by atoms with Crippen LogP contribution in [0.15, 0.2) is 47.3 Å². The molecule has 2 rings (SSSR count). The summed E-state index contributed by atoms with van der Waals surface area (Å²) in [5, 5.41) is 0.478. The van der Waals surface area contributed by atoms with E-state index in [0.717, 1.165) is 18.7 Å². The SMILES string of the molecule is C=CCONC(CCC)=C1C(=O)CC(CCSc2ccc(C(F)(F)F)cn2)CC1=O. The second-order valence-electron chi connectivity index (χ2n) is 6.95. The average Bonchev–Trinajstić information content (AvgIpc) is 2.67. The molecule has 164 valence electrons. The monoisotopic (exact) mass is 442 g/mol. The van der Waals surface area contributed by atoms with Crippen LogP contribution in [0.4, 0.5) is 13.2 Å². The predicted molar refractivity (Wildman–Crippen MR) is 109 cm³/mol. The summed E-state index contributed by atoms with van der Waals surface area (Å²) >= 11 is 1.31. The smallest absolute Gasteiger partial charge is 0.294 e. The Bertz CT molecular complexity index is 772. The van der Waals surface area contributed by atoms with Gasteiger partial charge in [-0.25, -0.2) is 4.98 Å². The van der Waals surface area contributed by atoms with E-state index in [4.69, 9.17) is 4.84 Å². The van der Waals surface area contributed by atoms with Gasteiger partial charge in [-0.2, -0.15) is 13.2 Å². The average molecular weight is 443 g/mol. The Morgan fingerprint density at radius 2 is 2.03 bits per heavy atom. The number of carbonyl (C=O) groups excluding carboxylic acids is 2. The molecule has 0 unspecified atom stereocenters. The highest BCUT2D eigenvalue weighted by atomic mass is 32.2. The number of hydroxylamine groups is 1. The molecule has 0 bridgehead atoms. The second-order valence-corrected chi connectivity index (χ2v) is 8.06. The minimum absolute atomic E-state index is 0.0901. The number of rotatable bonds is 10. The van der Waals surface area contributed by atoms with E-state index >= 15 is 0 Å². The largest absolute Gasteiger partial charge is 0.417 e. The van der Waals surface area contributed by atoms with Gasteiger partial charge in [-0.3, -0.25) is 19.9 Å². The lowest BCUT2D eigenvalue weighted by Gasteiger charge is -2.24. The number of alkyl halides is 3. The summed E-state index contributed by atoms with van der Waals surface area (Å²) in [4.78, 5) is 34.2. The molecule has 0 aliphatic heterocycles. The van der Waals surface area contributed by atoms with Gasteiger partial charge in [-0.1, -0.05) is 19.4 Å². The van der Waals surface area contributed by atoms with Crippen LogP contribution in [0.5, 0.6) is 0 Å². The summed E-state index contributed by atoms with van der Waals surface area (Å²) in [5.74, 6) is 0.0669. The Morgan fingerprint density at radius 3 is 2.57 bits per heavy atom. The molecule has 1 fully saturated rings. The highest BCUT2D eigenvalue weighted by molar-refractivity contribution is 7.99.